The minimum Gasteiger partial charge on any atom is -0.298 e. The fraction of sp³-hybridized carbons (Fsp3) is 0.462. The maximum Gasteiger partial charge on any atom is 0.150 e. The monoisotopic (exact) mass is 284 g/mol. The zero-order chi connectivity index (χ0) is 11.8. The molecule has 1 aliphatic rings. The number of benzene rings is 1. The predicted molar refractivity (Wildman–Crippen MR) is 65.3 cm³/mol. The van der Waals surface area contributed by atoms with Crippen molar-refractivity contribution in [3.05, 3.63) is 35.1 Å². The van der Waals surface area contributed by atoms with Crippen molar-refractivity contribution in [2.45, 2.75) is 26.2 Å². The van der Waals surface area contributed by atoms with E-state index in [4.69, 9.17) is 0 Å². The van der Waals surface area contributed by atoms with Crippen LogP contribution in [-0.2, 0) is 17.6 Å². The van der Waals surface area contributed by atoms with Crippen LogP contribution < -0.4 is 0 Å². The molecular formula is C13H14BrFO. The Kier molecular flexibility index (Phi) is 3.15. The van der Waals surface area contributed by atoms with E-state index in [-0.39, 0.29) is 17.0 Å². The van der Waals surface area contributed by atoms with E-state index in [0.717, 1.165) is 24.0 Å². The molecule has 0 fully saturated rings. The Hall–Kier alpha value is -0.700. The number of Topliss-reactive ketones (excluding diaryl/α,β-unsaturated/α-hetero) is 1. The number of hydrogen-bond donors (Lipinski definition) is 0. The van der Waals surface area contributed by atoms with Gasteiger partial charge in [-0.05, 0) is 42.5 Å². The maximum absolute atomic E-state index is 13.1. The van der Waals surface area contributed by atoms with Crippen LogP contribution in [0.15, 0.2) is 18.2 Å². The molecule has 0 saturated carbocycles. The number of ketones is 1. The standard InChI is InChI=1S/C13H14BrFO/c1-2-13(12(16)8-14)6-9-3-4-11(15)5-10(9)7-13/h3-5H,2,6-8H2,1H3. The number of alkyl halides is 1. The van der Waals surface area contributed by atoms with Crippen molar-refractivity contribution < 1.29 is 9.18 Å². The molecule has 0 aromatic heterocycles. The molecule has 1 atom stereocenters. The summed E-state index contributed by atoms with van der Waals surface area (Å²) >= 11 is 3.24. The molecule has 86 valence electrons. The Morgan fingerprint density at radius 3 is 2.75 bits per heavy atom. The van der Waals surface area contributed by atoms with Crippen LogP contribution >= 0.6 is 15.9 Å². The molecule has 1 aromatic rings. The van der Waals surface area contributed by atoms with Crippen LogP contribution in [0.3, 0.4) is 0 Å². The maximum atomic E-state index is 13.1. The van der Waals surface area contributed by atoms with Crippen molar-refractivity contribution >= 4 is 21.7 Å². The zero-order valence-electron chi connectivity index (χ0n) is 9.22. The third-order valence-electron chi connectivity index (χ3n) is 3.62. The summed E-state index contributed by atoms with van der Waals surface area (Å²) in [4.78, 5) is 12.0. The van der Waals surface area contributed by atoms with Gasteiger partial charge in [-0.25, -0.2) is 4.39 Å². The molecule has 2 rings (SSSR count). The molecule has 16 heavy (non-hydrogen) atoms. The second-order valence-corrected chi connectivity index (χ2v) is 5.02. The summed E-state index contributed by atoms with van der Waals surface area (Å²) in [6.45, 7) is 2.03. The van der Waals surface area contributed by atoms with Crippen LogP contribution in [0.4, 0.5) is 4.39 Å². The molecule has 0 radical (unpaired) electrons. The number of halogens is 2. The SMILES string of the molecule is CCC1(C(=O)CBr)Cc2ccc(F)cc2C1. The Bertz CT molecular complexity index is 430. The quantitative estimate of drug-likeness (QED) is 0.779. The average Bonchev–Trinajstić information content (AvgIpc) is 2.67. The largest absolute Gasteiger partial charge is 0.298 e. The molecule has 0 spiro atoms. The summed E-state index contributed by atoms with van der Waals surface area (Å²) in [7, 11) is 0. The highest BCUT2D eigenvalue weighted by molar-refractivity contribution is 9.09. The van der Waals surface area contributed by atoms with Gasteiger partial charge in [0.05, 0.1) is 5.33 Å². The number of fused-ring (bicyclic) bond motifs is 1. The van der Waals surface area contributed by atoms with Gasteiger partial charge in [0, 0.05) is 5.41 Å². The highest BCUT2D eigenvalue weighted by Crippen LogP contribution is 2.40. The molecule has 3 heteroatoms. The highest BCUT2D eigenvalue weighted by atomic mass is 79.9. The van der Waals surface area contributed by atoms with Crippen LogP contribution in [0.5, 0.6) is 0 Å². The van der Waals surface area contributed by atoms with Crippen molar-refractivity contribution in [1.29, 1.82) is 0 Å². The van der Waals surface area contributed by atoms with E-state index in [0.29, 0.717) is 11.8 Å². The summed E-state index contributed by atoms with van der Waals surface area (Å²) in [5.41, 5.74) is 1.81. The first-order valence-electron chi connectivity index (χ1n) is 5.48. The van der Waals surface area contributed by atoms with Gasteiger partial charge in [0.25, 0.3) is 0 Å². The van der Waals surface area contributed by atoms with Gasteiger partial charge in [-0.15, -0.1) is 0 Å². The highest BCUT2D eigenvalue weighted by Gasteiger charge is 2.41. The third-order valence-corrected chi connectivity index (χ3v) is 4.12. The van der Waals surface area contributed by atoms with Crippen molar-refractivity contribution in [1.82, 2.24) is 0 Å². The molecule has 0 heterocycles. The lowest BCUT2D eigenvalue weighted by atomic mass is 9.78. The summed E-state index contributed by atoms with van der Waals surface area (Å²) < 4.78 is 13.1. The zero-order valence-corrected chi connectivity index (χ0v) is 10.8. The summed E-state index contributed by atoms with van der Waals surface area (Å²) in [5.74, 6) is 0.0172. The third kappa shape index (κ3) is 1.81. The van der Waals surface area contributed by atoms with E-state index < -0.39 is 0 Å². The van der Waals surface area contributed by atoms with Crippen molar-refractivity contribution in [2.24, 2.45) is 5.41 Å². The van der Waals surface area contributed by atoms with Crippen LogP contribution in [0, 0.1) is 11.2 Å². The normalized spacial score (nSPS) is 23.2. The lowest BCUT2D eigenvalue weighted by Crippen LogP contribution is -2.32. The molecule has 0 N–H and O–H groups in total. The van der Waals surface area contributed by atoms with E-state index >= 15 is 0 Å². The van der Waals surface area contributed by atoms with Gasteiger partial charge < -0.3 is 0 Å². The first-order valence-corrected chi connectivity index (χ1v) is 6.60. The lowest BCUT2D eigenvalue weighted by molar-refractivity contribution is -0.125. The minimum absolute atomic E-state index is 0.211. The lowest BCUT2D eigenvalue weighted by Gasteiger charge is -2.24. The van der Waals surface area contributed by atoms with E-state index in [1.807, 2.05) is 13.0 Å². The molecule has 1 nitrogen and oxygen atoms in total. The Balaban J connectivity index is 2.35. The molecule has 1 aliphatic carbocycles. The van der Waals surface area contributed by atoms with Gasteiger partial charge in [-0.1, -0.05) is 28.9 Å². The van der Waals surface area contributed by atoms with Gasteiger partial charge in [0.2, 0.25) is 0 Å². The first-order chi connectivity index (χ1) is 7.61. The molecule has 0 bridgehead atoms. The Morgan fingerprint density at radius 1 is 1.44 bits per heavy atom. The average molecular weight is 285 g/mol. The number of carbonyl (C=O) groups is 1. The molecule has 0 amide bonds. The molecule has 1 aromatic carbocycles. The summed E-state index contributed by atoms with van der Waals surface area (Å²) in [5, 5.41) is 0.386. The molecule has 0 saturated heterocycles. The Morgan fingerprint density at radius 2 is 2.12 bits per heavy atom. The van der Waals surface area contributed by atoms with Crippen molar-refractivity contribution in [2.75, 3.05) is 5.33 Å². The van der Waals surface area contributed by atoms with Crippen LogP contribution in [-0.4, -0.2) is 11.1 Å². The second kappa shape index (κ2) is 4.28. The Labute approximate surface area is 103 Å². The summed E-state index contributed by atoms with van der Waals surface area (Å²) in [6, 6.07) is 4.85. The predicted octanol–water partition coefficient (Wildman–Crippen LogP) is 3.28. The van der Waals surface area contributed by atoms with Gasteiger partial charge in [-0.2, -0.15) is 0 Å². The van der Waals surface area contributed by atoms with Crippen LogP contribution in [0.1, 0.15) is 24.5 Å². The van der Waals surface area contributed by atoms with Gasteiger partial charge in [0.1, 0.15) is 11.6 Å². The van der Waals surface area contributed by atoms with Gasteiger partial charge in [-0.3, -0.25) is 4.79 Å². The van der Waals surface area contributed by atoms with Crippen LogP contribution in [0.2, 0.25) is 0 Å². The first kappa shape index (κ1) is 11.8. The van der Waals surface area contributed by atoms with Crippen LogP contribution in [0.25, 0.3) is 0 Å². The van der Waals surface area contributed by atoms with Gasteiger partial charge >= 0.3 is 0 Å². The van der Waals surface area contributed by atoms with E-state index in [1.165, 1.54) is 6.07 Å². The topological polar surface area (TPSA) is 17.1 Å². The summed E-state index contributed by atoms with van der Waals surface area (Å²) in [6.07, 6.45) is 2.25. The molecular weight excluding hydrogens is 271 g/mol. The fourth-order valence-electron chi connectivity index (χ4n) is 2.51. The number of rotatable bonds is 3. The minimum atomic E-state index is -0.306. The fourth-order valence-corrected chi connectivity index (χ4v) is 3.10. The molecule has 0 aliphatic heterocycles. The van der Waals surface area contributed by atoms with Crippen molar-refractivity contribution in [3.63, 3.8) is 0 Å². The number of hydrogen-bond acceptors (Lipinski definition) is 1. The van der Waals surface area contributed by atoms with Crippen molar-refractivity contribution in [3.8, 4) is 0 Å². The van der Waals surface area contributed by atoms with Gasteiger partial charge in [0.15, 0.2) is 0 Å². The van der Waals surface area contributed by atoms with E-state index in [9.17, 15) is 9.18 Å². The molecule has 1 unspecified atom stereocenters. The smallest absolute Gasteiger partial charge is 0.150 e. The number of carbonyl (C=O) groups excluding carboxylic acids is 1. The van der Waals surface area contributed by atoms with E-state index in [2.05, 4.69) is 15.9 Å². The van der Waals surface area contributed by atoms with E-state index in [1.54, 1.807) is 6.07 Å². The second-order valence-electron chi connectivity index (χ2n) is 4.46.